The molecule has 0 atom stereocenters. The lowest BCUT2D eigenvalue weighted by molar-refractivity contribution is -0.123. The van der Waals surface area contributed by atoms with Crippen LogP contribution in [0, 0.1) is 12.7 Å². The lowest BCUT2D eigenvalue weighted by Gasteiger charge is -2.12. The number of methoxy groups -OCH3 is 1. The van der Waals surface area contributed by atoms with Gasteiger partial charge in [-0.05, 0) is 49.0 Å². The van der Waals surface area contributed by atoms with Crippen molar-refractivity contribution in [3.05, 3.63) is 76.0 Å². The molecule has 6 nitrogen and oxygen atoms in total. The molecule has 0 saturated carbocycles. The molecule has 0 bridgehead atoms. The van der Waals surface area contributed by atoms with E-state index in [2.05, 4.69) is 5.32 Å². The average Bonchev–Trinajstić information content (AvgIpc) is 3.01. The van der Waals surface area contributed by atoms with Crippen molar-refractivity contribution in [1.82, 2.24) is 10.2 Å². The van der Waals surface area contributed by atoms with Crippen molar-refractivity contribution in [1.29, 1.82) is 0 Å². The van der Waals surface area contributed by atoms with E-state index in [1.54, 1.807) is 25.3 Å². The van der Waals surface area contributed by atoms with E-state index in [0.29, 0.717) is 5.75 Å². The number of carbonyl (C=O) groups is 3. The summed E-state index contributed by atoms with van der Waals surface area (Å²) in [5.74, 6) is -0.697. The second-order valence-corrected chi connectivity index (χ2v) is 7.72. The highest BCUT2D eigenvalue weighted by atomic mass is 32.2. The van der Waals surface area contributed by atoms with Crippen LogP contribution in [0.3, 0.4) is 0 Å². The summed E-state index contributed by atoms with van der Waals surface area (Å²) in [6, 6.07) is 11.6. The first-order valence-electron chi connectivity index (χ1n) is 9.49. The summed E-state index contributed by atoms with van der Waals surface area (Å²) in [6.45, 7) is 2.06. The fraction of sp³-hybridized carbons (Fsp3) is 0.174. The van der Waals surface area contributed by atoms with E-state index in [9.17, 15) is 18.8 Å². The number of imide groups is 1. The van der Waals surface area contributed by atoms with Gasteiger partial charge in [0.15, 0.2) is 0 Å². The van der Waals surface area contributed by atoms with Gasteiger partial charge < -0.3 is 10.1 Å². The van der Waals surface area contributed by atoms with Gasteiger partial charge in [-0.1, -0.05) is 29.8 Å². The number of nitrogens with one attached hydrogen (secondary N) is 1. The van der Waals surface area contributed by atoms with Gasteiger partial charge in [0.1, 0.15) is 11.6 Å². The lowest BCUT2D eigenvalue weighted by atomic mass is 10.1. The summed E-state index contributed by atoms with van der Waals surface area (Å²) < 4.78 is 19.1. The molecule has 160 valence electrons. The summed E-state index contributed by atoms with van der Waals surface area (Å²) in [5, 5.41) is 2.19. The van der Waals surface area contributed by atoms with E-state index in [1.807, 2.05) is 25.1 Å². The number of rotatable bonds is 7. The number of hydrogen-bond acceptors (Lipinski definition) is 5. The number of carbonyl (C=O) groups excluding carboxylic acids is 3. The Balaban J connectivity index is 1.56. The molecule has 1 heterocycles. The second kappa shape index (κ2) is 10.1. The molecule has 1 aliphatic heterocycles. The van der Waals surface area contributed by atoms with Crippen LogP contribution in [0.1, 0.15) is 16.7 Å². The smallest absolute Gasteiger partial charge is 0.293 e. The standard InChI is InChI=1S/C23H21FN2O4S/c1-15-7-9-19(30-2)17(13-15)8-10-21(27)25-11-12-26-22(28)20(31-23(26)29)14-16-5-3-4-6-18(16)24/h3-10,13-14H,11-12H2,1-2H3,(H,25,27)/b10-8+,20-14-. The van der Waals surface area contributed by atoms with Crippen LogP contribution in [-0.4, -0.2) is 42.2 Å². The molecule has 2 aromatic rings. The van der Waals surface area contributed by atoms with Gasteiger partial charge >= 0.3 is 0 Å². The van der Waals surface area contributed by atoms with Crippen molar-refractivity contribution >= 4 is 41.0 Å². The van der Waals surface area contributed by atoms with Crippen molar-refractivity contribution < 1.29 is 23.5 Å². The zero-order valence-corrected chi connectivity index (χ0v) is 17.9. The molecule has 8 heteroatoms. The molecule has 0 spiro atoms. The molecule has 1 aliphatic rings. The van der Waals surface area contributed by atoms with Crippen LogP contribution in [0.2, 0.25) is 0 Å². The highest BCUT2D eigenvalue weighted by Gasteiger charge is 2.34. The van der Waals surface area contributed by atoms with Crippen LogP contribution in [0.25, 0.3) is 12.2 Å². The molecular weight excluding hydrogens is 419 g/mol. The number of hydrogen-bond donors (Lipinski definition) is 1. The summed E-state index contributed by atoms with van der Waals surface area (Å²) in [5.41, 5.74) is 2.03. The minimum Gasteiger partial charge on any atom is -0.496 e. The Morgan fingerprint density at radius 1 is 1.19 bits per heavy atom. The maximum absolute atomic E-state index is 13.8. The third-order valence-electron chi connectivity index (χ3n) is 4.50. The minimum atomic E-state index is -0.507. The summed E-state index contributed by atoms with van der Waals surface area (Å²) in [7, 11) is 1.55. The van der Waals surface area contributed by atoms with Crippen molar-refractivity contribution in [3.63, 3.8) is 0 Å². The number of ether oxygens (including phenoxy) is 1. The van der Waals surface area contributed by atoms with Crippen LogP contribution < -0.4 is 10.1 Å². The highest BCUT2D eigenvalue weighted by Crippen LogP contribution is 2.32. The predicted octanol–water partition coefficient (Wildman–Crippen LogP) is 4.01. The van der Waals surface area contributed by atoms with Crippen LogP contribution in [0.5, 0.6) is 5.75 Å². The van der Waals surface area contributed by atoms with Crippen LogP contribution in [0.4, 0.5) is 9.18 Å². The van der Waals surface area contributed by atoms with Crippen molar-refractivity contribution in [2.24, 2.45) is 0 Å². The summed E-state index contributed by atoms with van der Waals surface area (Å²) >= 11 is 0.748. The Morgan fingerprint density at radius 3 is 2.71 bits per heavy atom. The molecule has 3 amide bonds. The Bertz CT molecular complexity index is 1080. The quantitative estimate of drug-likeness (QED) is 0.659. The fourth-order valence-electron chi connectivity index (χ4n) is 2.93. The molecule has 0 aliphatic carbocycles. The third kappa shape index (κ3) is 5.61. The average molecular weight is 440 g/mol. The number of halogens is 1. The second-order valence-electron chi connectivity index (χ2n) is 6.72. The Morgan fingerprint density at radius 2 is 1.97 bits per heavy atom. The third-order valence-corrected chi connectivity index (χ3v) is 5.41. The van der Waals surface area contributed by atoms with E-state index in [4.69, 9.17) is 4.74 Å². The number of aryl methyl sites for hydroxylation is 1. The van der Waals surface area contributed by atoms with Crippen LogP contribution >= 0.6 is 11.8 Å². The van der Waals surface area contributed by atoms with E-state index in [-0.39, 0.29) is 29.5 Å². The summed E-state index contributed by atoms with van der Waals surface area (Å²) in [6.07, 6.45) is 4.36. The van der Waals surface area contributed by atoms with Gasteiger partial charge in [0.25, 0.3) is 11.1 Å². The normalized spacial score (nSPS) is 15.2. The van der Waals surface area contributed by atoms with Gasteiger partial charge in [-0.2, -0.15) is 0 Å². The molecule has 1 saturated heterocycles. The van der Waals surface area contributed by atoms with Crippen molar-refractivity contribution in [2.75, 3.05) is 20.2 Å². The van der Waals surface area contributed by atoms with Gasteiger partial charge in [-0.15, -0.1) is 0 Å². The molecule has 1 fully saturated rings. The molecule has 2 aromatic carbocycles. The Labute approximate surface area is 183 Å². The van der Waals surface area contributed by atoms with Gasteiger partial charge in [0, 0.05) is 30.3 Å². The molecule has 3 rings (SSSR count). The highest BCUT2D eigenvalue weighted by molar-refractivity contribution is 8.18. The molecular formula is C23H21FN2O4S. The Hall–Kier alpha value is -3.39. The Kier molecular flexibility index (Phi) is 7.25. The number of thioether (sulfide) groups is 1. The van der Waals surface area contributed by atoms with E-state index >= 15 is 0 Å². The van der Waals surface area contributed by atoms with Crippen LogP contribution in [-0.2, 0) is 9.59 Å². The topological polar surface area (TPSA) is 75.7 Å². The van der Waals surface area contributed by atoms with E-state index in [1.165, 1.54) is 24.3 Å². The zero-order chi connectivity index (χ0) is 22.4. The van der Waals surface area contributed by atoms with E-state index < -0.39 is 17.0 Å². The van der Waals surface area contributed by atoms with E-state index in [0.717, 1.165) is 27.8 Å². The van der Waals surface area contributed by atoms with Gasteiger partial charge in [-0.3, -0.25) is 19.3 Å². The minimum absolute atomic E-state index is 0.0205. The van der Waals surface area contributed by atoms with Gasteiger partial charge in [0.05, 0.1) is 12.0 Å². The summed E-state index contributed by atoms with van der Waals surface area (Å²) in [4.78, 5) is 37.9. The first-order valence-corrected chi connectivity index (χ1v) is 10.3. The molecule has 0 unspecified atom stereocenters. The fourth-order valence-corrected chi connectivity index (χ4v) is 3.78. The zero-order valence-electron chi connectivity index (χ0n) is 17.1. The molecule has 31 heavy (non-hydrogen) atoms. The number of benzene rings is 2. The van der Waals surface area contributed by atoms with Crippen molar-refractivity contribution in [3.8, 4) is 5.75 Å². The van der Waals surface area contributed by atoms with Crippen molar-refractivity contribution in [2.45, 2.75) is 6.92 Å². The first-order chi connectivity index (χ1) is 14.9. The van der Waals surface area contributed by atoms with Gasteiger partial charge in [0.2, 0.25) is 5.91 Å². The van der Waals surface area contributed by atoms with Gasteiger partial charge in [-0.25, -0.2) is 4.39 Å². The number of amides is 3. The maximum atomic E-state index is 13.8. The SMILES string of the molecule is COc1ccc(C)cc1/C=C/C(=O)NCCN1C(=O)S/C(=C\c2ccccc2F)C1=O. The molecule has 0 aromatic heterocycles. The molecule has 1 N–H and O–H groups in total. The number of nitrogens with zero attached hydrogens (tertiary/aromatic N) is 1. The predicted molar refractivity (Wildman–Crippen MR) is 119 cm³/mol. The monoisotopic (exact) mass is 440 g/mol. The van der Waals surface area contributed by atoms with Crippen LogP contribution in [0.15, 0.2) is 53.4 Å². The first kappa shape index (κ1) is 22.3. The largest absolute Gasteiger partial charge is 0.496 e. The maximum Gasteiger partial charge on any atom is 0.293 e. The lowest BCUT2D eigenvalue weighted by Crippen LogP contribution is -2.36. The molecule has 0 radical (unpaired) electrons.